The van der Waals surface area contributed by atoms with Crippen LogP contribution in [0.4, 0.5) is 0 Å². The molecule has 1 fully saturated rings. The van der Waals surface area contributed by atoms with Crippen LogP contribution >= 0.6 is 0 Å². The van der Waals surface area contributed by atoms with Gasteiger partial charge in [0, 0.05) is 7.11 Å². The Morgan fingerprint density at radius 1 is 1.50 bits per heavy atom. The summed E-state index contributed by atoms with van der Waals surface area (Å²) in [5, 5.41) is 13.0. The highest BCUT2D eigenvalue weighted by atomic mass is 16.5. The second-order valence-electron chi connectivity index (χ2n) is 4.21. The Morgan fingerprint density at radius 2 is 2.29 bits per heavy atom. The highest BCUT2D eigenvalue weighted by Gasteiger charge is 2.39. The van der Waals surface area contributed by atoms with Crippen molar-refractivity contribution in [3.63, 3.8) is 0 Å². The van der Waals surface area contributed by atoms with Gasteiger partial charge in [0.2, 0.25) is 0 Å². The van der Waals surface area contributed by atoms with Crippen molar-refractivity contribution in [2.24, 2.45) is 0 Å². The summed E-state index contributed by atoms with van der Waals surface area (Å²) in [5.74, 6) is 0. The first-order valence-electron chi connectivity index (χ1n) is 5.67. The van der Waals surface area contributed by atoms with Crippen LogP contribution in [0, 0.1) is 0 Å². The molecule has 0 aromatic rings. The summed E-state index contributed by atoms with van der Waals surface area (Å²) >= 11 is 0. The summed E-state index contributed by atoms with van der Waals surface area (Å²) in [6.07, 6.45) is 5.77. The number of methoxy groups -OCH3 is 1. The van der Waals surface area contributed by atoms with Gasteiger partial charge in [-0.15, -0.1) is 0 Å². The van der Waals surface area contributed by atoms with E-state index in [-0.39, 0.29) is 18.2 Å². The zero-order valence-corrected chi connectivity index (χ0v) is 9.38. The first kappa shape index (κ1) is 12.0. The minimum atomic E-state index is -0.178. The van der Waals surface area contributed by atoms with E-state index in [0.29, 0.717) is 0 Å². The van der Waals surface area contributed by atoms with Crippen molar-refractivity contribution < 1.29 is 9.84 Å². The average molecular weight is 201 g/mol. The highest BCUT2D eigenvalue weighted by Crippen LogP contribution is 2.30. The molecule has 2 N–H and O–H groups in total. The molecule has 14 heavy (non-hydrogen) atoms. The topological polar surface area (TPSA) is 41.5 Å². The van der Waals surface area contributed by atoms with E-state index in [1.165, 1.54) is 12.8 Å². The van der Waals surface area contributed by atoms with Crippen LogP contribution in [-0.4, -0.2) is 37.0 Å². The Hall–Kier alpha value is -0.120. The standard InChI is InChI=1S/C11H23NO2/c1-3-8-12-11(9-13)7-5-4-6-10(11)14-2/h10,12-13H,3-9H2,1-2H3. The summed E-state index contributed by atoms with van der Waals surface area (Å²) in [6.45, 7) is 3.29. The molecule has 84 valence electrons. The first-order chi connectivity index (χ1) is 6.79. The summed E-state index contributed by atoms with van der Waals surface area (Å²) in [4.78, 5) is 0. The maximum Gasteiger partial charge on any atom is 0.0775 e. The lowest BCUT2D eigenvalue weighted by Crippen LogP contribution is -2.59. The summed E-state index contributed by atoms with van der Waals surface area (Å²) in [5.41, 5.74) is -0.178. The predicted molar refractivity (Wildman–Crippen MR) is 57.4 cm³/mol. The van der Waals surface area contributed by atoms with Crippen molar-refractivity contribution in [3.05, 3.63) is 0 Å². The van der Waals surface area contributed by atoms with Gasteiger partial charge < -0.3 is 15.2 Å². The molecule has 2 atom stereocenters. The van der Waals surface area contributed by atoms with Gasteiger partial charge in [-0.2, -0.15) is 0 Å². The highest BCUT2D eigenvalue weighted by molar-refractivity contribution is 4.97. The second kappa shape index (κ2) is 5.69. The van der Waals surface area contributed by atoms with E-state index in [0.717, 1.165) is 25.8 Å². The Morgan fingerprint density at radius 3 is 2.86 bits per heavy atom. The predicted octanol–water partition coefficient (Wildman–Crippen LogP) is 1.31. The molecule has 2 unspecified atom stereocenters. The number of rotatable bonds is 5. The molecule has 0 aromatic carbocycles. The first-order valence-corrected chi connectivity index (χ1v) is 5.67. The number of ether oxygens (including phenoxy) is 1. The van der Waals surface area contributed by atoms with Gasteiger partial charge in [-0.25, -0.2) is 0 Å². The van der Waals surface area contributed by atoms with E-state index < -0.39 is 0 Å². The van der Waals surface area contributed by atoms with Crippen LogP contribution in [0.2, 0.25) is 0 Å². The number of hydrogen-bond acceptors (Lipinski definition) is 3. The molecular weight excluding hydrogens is 178 g/mol. The molecule has 0 amide bonds. The van der Waals surface area contributed by atoms with Gasteiger partial charge in [0.1, 0.15) is 0 Å². The molecule has 1 saturated carbocycles. The molecule has 0 bridgehead atoms. The second-order valence-corrected chi connectivity index (χ2v) is 4.21. The molecule has 0 aromatic heterocycles. The zero-order valence-electron chi connectivity index (χ0n) is 9.38. The number of aliphatic hydroxyl groups excluding tert-OH is 1. The molecule has 0 heterocycles. The van der Waals surface area contributed by atoms with Crippen molar-refractivity contribution in [2.45, 2.75) is 50.7 Å². The fraction of sp³-hybridized carbons (Fsp3) is 1.00. The fourth-order valence-electron chi connectivity index (χ4n) is 2.36. The van der Waals surface area contributed by atoms with Crippen molar-refractivity contribution in [3.8, 4) is 0 Å². The number of hydrogen-bond donors (Lipinski definition) is 2. The van der Waals surface area contributed by atoms with Gasteiger partial charge in [0.25, 0.3) is 0 Å². The number of nitrogens with one attached hydrogen (secondary N) is 1. The van der Waals surface area contributed by atoms with E-state index in [4.69, 9.17) is 4.74 Å². The zero-order chi connectivity index (χ0) is 10.4. The minimum Gasteiger partial charge on any atom is -0.394 e. The van der Waals surface area contributed by atoms with Crippen LogP contribution in [0.1, 0.15) is 39.0 Å². The van der Waals surface area contributed by atoms with Crippen molar-refractivity contribution >= 4 is 0 Å². The largest absolute Gasteiger partial charge is 0.394 e. The minimum absolute atomic E-state index is 0.174. The Labute approximate surface area is 86.8 Å². The molecule has 1 rings (SSSR count). The molecule has 3 heteroatoms. The van der Waals surface area contributed by atoms with Gasteiger partial charge >= 0.3 is 0 Å². The molecule has 0 spiro atoms. The molecule has 1 aliphatic rings. The molecule has 0 radical (unpaired) electrons. The maximum atomic E-state index is 9.53. The maximum absolute atomic E-state index is 9.53. The Balaban J connectivity index is 2.60. The van der Waals surface area contributed by atoms with E-state index in [2.05, 4.69) is 12.2 Å². The van der Waals surface area contributed by atoms with E-state index in [1.54, 1.807) is 7.11 Å². The smallest absolute Gasteiger partial charge is 0.0775 e. The number of aliphatic hydroxyl groups is 1. The van der Waals surface area contributed by atoms with Gasteiger partial charge in [0.15, 0.2) is 0 Å². The van der Waals surface area contributed by atoms with Crippen LogP contribution in [-0.2, 0) is 4.74 Å². The van der Waals surface area contributed by atoms with Crippen molar-refractivity contribution in [1.82, 2.24) is 5.32 Å². The molecule has 3 nitrogen and oxygen atoms in total. The molecular formula is C11H23NO2. The molecule has 1 aliphatic carbocycles. The monoisotopic (exact) mass is 201 g/mol. The Kier molecular flexibility index (Phi) is 4.85. The third-order valence-corrected chi connectivity index (χ3v) is 3.25. The van der Waals surface area contributed by atoms with Crippen LogP contribution in [0.5, 0.6) is 0 Å². The average Bonchev–Trinajstić information content (AvgIpc) is 2.26. The lowest BCUT2D eigenvalue weighted by molar-refractivity contribution is -0.0378. The van der Waals surface area contributed by atoms with E-state index in [9.17, 15) is 5.11 Å². The van der Waals surface area contributed by atoms with Crippen LogP contribution in [0.15, 0.2) is 0 Å². The normalized spacial score (nSPS) is 33.2. The third kappa shape index (κ3) is 2.47. The van der Waals surface area contributed by atoms with Gasteiger partial charge in [-0.05, 0) is 25.8 Å². The van der Waals surface area contributed by atoms with Crippen LogP contribution < -0.4 is 5.32 Å². The van der Waals surface area contributed by atoms with Gasteiger partial charge in [-0.1, -0.05) is 19.8 Å². The summed E-state index contributed by atoms with van der Waals surface area (Å²) in [6, 6.07) is 0. The van der Waals surface area contributed by atoms with Gasteiger partial charge in [-0.3, -0.25) is 0 Å². The van der Waals surface area contributed by atoms with Gasteiger partial charge in [0.05, 0.1) is 18.2 Å². The molecule has 0 saturated heterocycles. The lowest BCUT2D eigenvalue weighted by Gasteiger charge is -2.42. The quantitative estimate of drug-likeness (QED) is 0.704. The molecule has 0 aliphatic heterocycles. The SMILES string of the molecule is CCCNC1(CO)CCCCC1OC. The van der Waals surface area contributed by atoms with Crippen molar-refractivity contribution in [2.75, 3.05) is 20.3 Å². The lowest BCUT2D eigenvalue weighted by atomic mass is 9.79. The summed E-state index contributed by atoms with van der Waals surface area (Å²) < 4.78 is 5.47. The van der Waals surface area contributed by atoms with E-state index >= 15 is 0 Å². The van der Waals surface area contributed by atoms with Crippen molar-refractivity contribution in [1.29, 1.82) is 0 Å². The van der Waals surface area contributed by atoms with E-state index in [1.807, 2.05) is 0 Å². The van der Waals surface area contributed by atoms with Crippen LogP contribution in [0.25, 0.3) is 0 Å². The summed E-state index contributed by atoms with van der Waals surface area (Å²) in [7, 11) is 1.74. The van der Waals surface area contributed by atoms with Crippen LogP contribution in [0.3, 0.4) is 0 Å². The third-order valence-electron chi connectivity index (χ3n) is 3.25. The fourth-order valence-corrected chi connectivity index (χ4v) is 2.36. The Bertz CT molecular complexity index is 163.